The van der Waals surface area contributed by atoms with E-state index < -0.39 is 21.6 Å². The number of amides is 1. The quantitative estimate of drug-likeness (QED) is 0.904. The van der Waals surface area contributed by atoms with E-state index in [1.165, 1.54) is 30.3 Å². The Balaban J connectivity index is 2.35. The highest BCUT2D eigenvalue weighted by Crippen LogP contribution is 2.23. The first kappa shape index (κ1) is 16.7. The molecule has 0 aromatic heterocycles. The number of hydrogen-bond acceptors (Lipinski definition) is 3. The van der Waals surface area contributed by atoms with Gasteiger partial charge in [-0.05, 0) is 36.4 Å². The van der Waals surface area contributed by atoms with Crippen molar-refractivity contribution >= 4 is 44.6 Å². The fourth-order valence-corrected chi connectivity index (χ4v) is 2.65. The Labute approximate surface area is 136 Å². The Hall–Kier alpha value is -1.63. The second-order valence-corrected chi connectivity index (χ2v) is 7.33. The van der Waals surface area contributed by atoms with E-state index in [1.54, 1.807) is 0 Å². The van der Waals surface area contributed by atoms with Crippen molar-refractivity contribution in [3.05, 3.63) is 57.8 Å². The van der Waals surface area contributed by atoms with E-state index in [0.717, 1.165) is 12.3 Å². The van der Waals surface area contributed by atoms with Gasteiger partial charge in [0, 0.05) is 11.9 Å². The highest BCUT2D eigenvalue weighted by atomic mass is 35.5. The molecule has 0 aliphatic heterocycles. The molecule has 1 N–H and O–H groups in total. The molecule has 1 amide bonds. The summed E-state index contributed by atoms with van der Waals surface area (Å²) in [6, 6.07) is 7.54. The molecule has 8 heteroatoms. The lowest BCUT2D eigenvalue weighted by molar-refractivity contribution is 0.102. The molecule has 0 fully saturated rings. The van der Waals surface area contributed by atoms with Gasteiger partial charge < -0.3 is 5.32 Å². The van der Waals surface area contributed by atoms with Crippen LogP contribution in [0.2, 0.25) is 10.0 Å². The molecule has 0 saturated carbocycles. The fraction of sp³-hybridized carbons (Fsp3) is 0.0714. The lowest BCUT2D eigenvalue weighted by atomic mass is 10.2. The first-order valence-corrected chi connectivity index (χ1v) is 8.59. The van der Waals surface area contributed by atoms with E-state index in [-0.39, 0.29) is 26.2 Å². The Morgan fingerprint density at radius 1 is 1.09 bits per heavy atom. The molecule has 0 saturated heterocycles. The van der Waals surface area contributed by atoms with Gasteiger partial charge in [0.15, 0.2) is 9.84 Å². The van der Waals surface area contributed by atoms with Crippen LogP contribution < -0.4 is 5.32 Å². The molecule has 0 aliphatic rings. The molecule has 0 bridgehead atoms. The summed E-state index contributed by atoms with van der Waals surface area (Å²) in [4.78, 5) is 12.1. The summed E-state index contributed by atoms with van der Waals surface area (Å²) in [7, 11) is -3.48. The highest BCUT2D eigenvalue weighted by Gasteiger charge is 2.16. The third kappa shape index (κ3) is 3.76. The topological polar surface area (TPSA) is 63.2 Å². The lowest BCUT2D eigenvalue weighted by Crippen LogP contribution is -2.13. The van der Waals surface area contributed by atoms with E-state index >= 15 is 0 Å². The zero-order valence-electron chi connectivity index (χ0n) is 11.2. The zero-order chi connectivity index (χ0) is 16.5. The fourth-order valence-electron chi connectivity index (χ4n) is 1.68. The molecule has 0 unspecified atom stereocenters. The van der Waals surface area contributed by atoms with Crippen molar-refractivity contribution in [2.45, 2.75) is 4.90 Å². The van der Waals surface area contributed by atoms with Gasteiger partial charge in [-0.1, -0.05) is 23.2 Å². The van der Waals surface area contributed by atoms with Gasteiger partial charge in [0.25, 0.3) is 5.91 Å². The predicted molar refractivity (Wildman–Crippen MR) is 83.9 cm³/mol. The second kappa shape index (κ2) is 6.24. The minimum atomic E-state index is -3.48. The molecular weight excluding hydrogens is 352 g/mol. The number of benzene rings is 2. The van der Waals surface area contributed by atoms with Gasteiger partial charge in [-0.2, -0.15) is 0 Å². The van der Waals surface area contributed by atoms with Crippen LogP contribution in [-0.4, -0.2) is 20.6 Å². The van der Waals surface area contributed by atoms with Crippen LogP contribution in [0.5, 0.6) is 0 Å². The molecule has 22 heavy (non-hydrogen) atoms. The Bertz CT molecular complexity index is 853. The van der Waals surface area contributed by atoms with Gasteiger partial charge >= 0.3 is 0 Å². The van der Waals surface area contributed by atoms with E-state index in [9.17, 15) is 17.6 Å². The largest absolute Gasteiger partial charge is 0.322 e. The Kier molecular flexibility index (Phi) is 4.75. The summed E-state index contributed by atoms with van der Waals surface area (Å²) in [6.45, 7) is 0. The van der Waals surface area contributed by atoms with Gasteiger partial charge in [0.05, 0.1) is 20.5 Å². The summed E-state index contributed by atoms with van der Waals surface area (Å²) in [6.07, 6.45) is 1.02. The van der Waals surface area contributed by atoms with Crippen LogP contribution in [0.15, 0.2) is 41.3 Å². The molecule has 0 radical (unpaired) electrons. The molecule has 0 heterocycles. The van der Waals surface area contributed by atoms with E-state index in [4.69, 9.17) is 23.2 Å². The maximum Gasteiger partial charge on any atom is 0.257 e. The van der Waals surface area contributed by atoms with E-state index in [1.807, 2.05) is 0 Å². The number of carbonyl (C=O) groups is 1. The summed E-state index contributed by atoms with van der Waals surface area (Å²) < 4.78 is 36.4. The number of rotatable bonds is 3. The molecule has 4 nitrogen and oxygen atoms in total. The molecule has 0 aliphatic carbocycles. The lowest BCUT2D eigenvalue weighted by Gasteiger charge is -2.09. The van der Waals surface area contributed by atoms with Crippen molar-refractivity contribution < 1.29 is 17.6 Å². The van der Waals surface area contributed by atoms with Crippen LogP contribution in [0.1, 0.15) is 10.4 Å². The van der Waals surface area contributed by atoms with Crippen LogP contribution >= 0.6 is 23.2 Å². The summed E-state index contributed by atoms with van der Waals surface area (Å²) in [5, 5.41) is 2.44. The average molecular weight is 362 g/mol. The number of sulfone groups is 1. The number of halogens is 3. The Morgan fingerprint density at radius 3 is 2.32 bits per heavy atom. The van der Waals surface area contributed by atoms with Crippen molar-refractivity contribution in [2.24, 2.45) is 0 Å². The van der Waals surface area contributed by atoms with Gasteiger partial charge in [0.1, 0.15) is 5.82 Å². The van der Waals surface area contributed by atoms with Crippen LogP contribution in [-0.2, 0) is 9.84 Å². The standard InChI is InChI=1S/C14H10Cl2FNO3S/c1-22(20,21)9-3-5-11(15)10(7-9)14(19)18-8-2-4-12(16)13(17)6-8/h2-7H,1H3,(H,18,19). The second-order valence-electron chi connectivity index (χ2n) is 4.50. The molecule has 2 rings (SSSR count). The van der Waals surface area contributed by atoms with E-state index in [2.05, 4.69) is 5.32 Å². The van der Waals surface area contributed by atoms with Crippen LogP contribution in [0.25, 0.3) is 0 Å². The summed E-state index contributed by atoms with van der Waals surface area (Å²) in [5.41, 5.74) is 0.146. The number of anilines is 1. The summed E-state index contributed by atoms with van der Waals surface area (Å²) in [5.74, 6) is -1.34. The predicted octanol–water partition coefficient (Wildman–Crippen LogP) is 3.79. The van der Waals surface area contributed by atoms with Gasteiger partial charge in [-0.15, -0.1) is 0 Å². The normalized spacial score (nSPS) is 11.3. The van der Waals surface area contributed by atoms with Gasteiger partial charge in [0.2, 0.25) is 0 Å². The third-order valence-electron chi connectivity index (χ3n) is 2.79. The van der Waals surface area contributed by atoms with Crippen LogP contribution in [0.4, 0.5) is 10.1 Å². The maximum atomic E-state index is 13.3. The minimum Gasteiger partial charge on any atom is -0.322 e. The van der Waals surface area contributed by atoms with Gasteiger partial charge in [-0.25, -0.2) is 12.8 Å². The molecule has 116 valence electrons. The average Bonchev–Trinajstić information content (AvgIpc) is 2.42. The smallest absolute Gasteiger partial charge is 0.257 e. The molecule has 2 aromatic rings. The number of carbonyl (C=O) groups excluding carboxylic acids is 1. The Morgan fingerprint density at radius 2 is 1.73 bits per heavy atom. The maximum absolute atomic E-state index is 13.3. The molecule has 0 atom stereocenters. The van der Waals surface area contributed by atoms with Crippen molar-refractivity contribution in [1.29, 1.82) is 0 Å². The van der Waals surface area contributed by atoms with Crippen molar-refractivity contribution in [1.82, 2.24) is 0 Å². The van der Waals surface area contributed by atoms with Crippen LogP contribution in [0.3, 0.4) is 0 Å². The molecular formula is C14H10Cl2FNO3S. The van der Waals surface area contributed by atoms with Gasteiger partial charge in [-0.3, -0.25) is 4.79 Å². The van der Waals surface area contributed by atoms with E-state index in [0.29, 0.717) is 0 Å². The van der Waals surface area contributed by atoms with Crippen molar-refractivity contribution in [3.63, 3.8) is 0 Å². The number of nitrogens with one attached hydrogen (secondary N) is 1. The third-order valence-corrected chi connectivity index (χ3v) is 4.53. The molecule has 0 spiro atoms. The first-order chi connectivity index (χ1) is 10.2. The van der Waals surface area contributed by atoms with Crippen molar-refractivity contribution in [2.75, 3.05) is 11.6 Å². The SMILES string of the molecule is CS(=O)(=O)c1ccc(Cl)c(C(=O)Nc2ccc(Cl)c(F)c2)c1. The minimum absolute atomic E-state index is 0.0278. The van der Waals surface area contributed by atoms with Crippen LogP contribution in [0, 0.1) is 5.82 Å². The van der Waals surface area contributed by atoms with Crippen molar-refractivity contribution in [3.8, 4) is 0 Å². The molecule has 2 aromatic carbocycles. The highest BCUT2D eigenvalue weighted by molar-refractivity contribution is 7.90. The summed E-state index contributed by atoms with van der Waals surface area (Å²) >= 11 is 11.5. The number of hydrogen-bond donors (Lipinski definition) is 1. The zero-order valence-corrected chi connectivity index (χ0v) is 13.6. The monoisotopic (exact) mass is 361 g/mol. The first-order valence-electron chi connectivity index (χ1n) is 5.94.